The highest BCUT2D eigenvalue weighted by molar-refractivity contribution is 7.99. The highest BCUT2D eigenvalue weighted by atomic mass is 32.2. The van der Waals surface area contributed by atoms with Crippen molar-refractivity contribution in [2.24, 2.45) is 0 Å². The van der Waals surface area contributed by atoms with Crippen molar-refractivity contribution in [1.29, 1.82) is 0 Å². The number of hydrogen-bond donors (Lipinski definition) is 1. The Hall–Kier alpha value is -0.470. The monoisotopic (exact) mass is 235 g/mol. The van der Waals surface area contributed by atoms with E-state index in [2.05, 4.69) is 43.6 Å². The number of rotatable bonds is 5. The number of fused-ring (bicyclic) bond motifs is 1. The van der Waals surface area contributed by atoms with Gasteiger partial charge in [0.05, 0.1) is 0 Å². The Bertz CT molecular complexity index is 333. The predicted octanol–water partition coefficient (Wildman–Crippen LogP) is 3.65. The molecule has 0 fully saturated rings. The molecule has 0 radical (unpaired) electrons. The molecule has 1 heterocycles. The molecule has 1 aliphatic rings. The van der Waals surface area contributed by atoms with E-state index in [-0.39, 0.29) is 0 Å². The van der Waals surface area contributed by atoms with E-state index in [9.17, 15) is 0 Å². The van der Waals surface area contributed by atoms with E-state index in [1.165, 1.54) is 29.9 Å². The SMILES string of the molecule is CCC(CCC1CSc2ccccc21)NC. The molecule has 0 saturated carbocycles. The quantitative estimate of drug-likeness (QED) is 0.836. The lowest BCUT2D eigenvalue weighted by Crippen LogP contribution is -2.24. The van der Waals surface area contributed by atoms with Gasteiger partial charge in [0.1, 0.15) is 0 Å². The van der Waals surface area contributed by atoms with Crippen LogP contribution >= 0.6 is 11.8 Å². The first-order valence-electron chi connectivity index (χ1n) is 6.24. The zero-order chi connectivity index (χ0) is 11.4. The van der Waals surface area contributed by atoms with Crippen molar-refractivity contribution < 1.29 is 0 Å². The highest BCUT2D eigenvalue weighted by Crippen LogP contribution is 2.41. The summed E-state index contributed by atoms with van der Waals surface area (Å²) in [6.07, 6.45) is 3.86. The zero-order valence-corrected chi connectivity index (χ0v) is 11.0. The van der Waals surface area contributed by atoms with Crippen LogP contribution in [0.3, 0.4) is 0 Å². The zero-order valence-electron chi connectivity index (χ0n) is 10.2. The van der Waals surface area contributed by atoms with Gasteiger partial charge in [0.2, 0.25) is 0 Å². The molecule has 2 atom stereocenters. The fraction of sp³-hybridized carbons (Fsp3) is 0.571. The minimum absolute atomic E-state index is 0.692. The molecular formula is C14H21NS. The summed E-state index contributed by atoms with van der Waals surface area (Å²) in [6, 6.07) is 9.58. The molecule has 2 unspecified atom stereocenters. The minimum Gasteiger partial charge on any atom is -0.317 e. The lowest BCUT2D eigenvalue weighted by molar-refractivity contribution is 0.472. The summed E-state index contributed by atoms with van der Waals surface area (Å²) in [6.45, 7) is 2.26. The third kappa shape index (κ3) is 2.61. The van der Waals surface area contributed by atoms with Crippen LogP contribution in [-0.2, 0) is 0 Å². The van der Waals surface area contributed by atoms with Crippen molar-refractivity contribution in [2.75, 3.05) is 12.8 Å². The van der Waals surface area contributed by atoms with Gasteiger partial charge in [0.25, 0.3) is 0 Å². The third-order valence-corrected chi connectivity index (χ3v) is 4.82. The molecular weight excluding hydrogens is 214 g/mol. The van der Waals surface area contributed by atoms with Crippen LogP contribution in [0.25, 0.3) is 0 Å². The van der Waals surface area contributed by atoms with Crippen LogP contribution in [0.5, 0.6) is 0 Å². The first-order valence-corrected chi connectivity index (χ1v) is 7.22. The molecule has 2 rings (SSSR count). The number of thioether (sulfide) groups is 1. The molecule has 16 heavy (non-hydrogen) atoms. The van der Waals surface area contributed by atoms with Gasteiger partial charge in [0.15, 0.2) is 0 Å². The van der Waals surface area contributed by atoms with Crippen LogP contribution in [0.1, 0.15) is 37.7 Å². The van der Waals surface area contributed by atoms with E-state index >= 15 is 0 Å². The van der Waals surface area contributed by atoms with E-state index in [1.54, 1.807) is 5.56 Å². The molecule has 1 aromatic rings. The summed E-state index contributed by atoms with van der Waals surface area (Å²) < 4.78 is 0. The van der Waals surface area contributed by atoms with Crippen molar-refractivity contribution >= 4 is 11.8 Å². The van der Waals surface area contributed by atoms with Gasteiger partial charge in [-0.05, 0) is 43.9 Å². The molecule has 0 saturated heterocycles. The van der Waals surface area contributed by atoms with Gasteiger partial charge in [-0.25, -0.2) is 0 Å². The van der Waals surface area contributed by atoms with Gasteiger partial charge in [-0.2, -0.15) is 0 Å². The van der Waals surface area contributed by atoms with Gasteiger partial charge in [-0.1, -0.05) is 25.1 Å². The van der Waals surface area contributed by atoms with Gasteiger partial charge in [-0.3, -0.25) is 0 Å². The number of nitrogens with one attached hydrogen (secondary N) is 1. The maximum absolute atomic E-state index is 3.39. The molecule has 2 heteroatoms. The Kier molecular flexibility index (Phi) is 4.30. The standard InChI is InChI=1S/C14H21NS/c1-3-12(15-2)9-8-11-10-16-14-7-5-4-6-13(11)14/h4-7,11-12,15H,3,8-10H2,1-2H3. The molecule has 1 N–H and O–H groups in total. The first kappa shape index (κ1) is 12.0. The Balaban J connectivity index is 1.93. The third-order valence-electron chi connectivity index (χ3n) is 3.56. The van der Waals surface area contributed by atoms with Crippen molar-refractivity contribution in [1.82, 2.24) is 5.32 Å². The van der Waals surface area contributed by atoms with E-state index in [0.29, 0.717) is 6.04 Å². The second-order valence-corrected chi connectivity index (χ2v) is 5.58. The summed E-state index contributed by atoms with van der Waals surface area (Å²) in [5.41, 5.74) is 1.58. The number of benzene rings is 1. The van der Waals surface area contributed by atoms with Crippen LogP contribution in [-0.4, -0.2) is 18.8 Å². The van der Waals surface area contributed by atoms with E-state index in [0.717, 1.165) is 5.92 Å². The second kappa shape index (κ2) is 5.74. The lowest BCUT2D eigenvalue weighted by Gasteiger charge is -2.16. The summed E-state index contributed by atoms with van der Waals surface area (Å²) in [4.78, 5) is 1.50. The van der Waals surface area contributed by atoms with E-state index in [4.69, 9.17) is 0 Å². The summed E-state index contributed by atoms with van der Waals surface area (Å²) >= 11 is 2.02. The summed E-state index contributed by atoms with van der Waals surface area (Å²) in [5, 5.41) is 3.39. The number of hydrogen-bond acceptors (Lipinski definition) is 2. The fourth-order valence-electron chi connectivity index (χ4n) is 2.42. The molecule has 0 bridgehead atoms. The van der Waals surface area contributed by atoms with Crippen LogP contribution in [0.4, 0.5) is 0 Å². The maximum Gasteiger partial charge on any atom is 0.0107 e. The van der Waals surface area contributed by atoms with Crippen LogP contribution in [0.15, 0.2) is 29.2 Å². The molecule has 0 amide bonds. The lowest BCUT2D eigenvalue weighted by atomic mass is 9.94. The van der Waals surface area contributed by atoms with Gasteiger partial charge < -0.3 is 5.32 Å². The molecule has 1 aliphatic heterocycles. The normalized spacial score (nSPS) is 20.8. The minimum atomic E-state index is 0.692. The molecule has 0 aromatic heterocycles. The molecule has 0 aliphatic carbocycles. The highest BCUT2D eigenvalue weighted by Gasteiger charge is 2.22. The van der Waals surface area contributed by atoms with Crippen LogP contribution in [0, 0.1) is 0 Å². The summed E-state index contributed by atoms with van der Waals surface area (Å²) in [7, 11) is 2.07. The Morgan fingerprint density at radius 1 is 1.44 bits per heavy atom. The predicted molar refractivity (Wildman–Crippen MR) is 72.3 cm³/mol. The van der Waals surface area contributed by atoms with Crippen molar-refractivity contribution in [3.8, 4) is 0 Å². The molecule has 1 aromatic carbocycles. The first-order chi connectivity index (χ1) is 7.85. The topological polar surface area (TPSA) is 12.0 Å². The van der Waals surface area contributed by atoms with E-state index in [1.807, 2.05) is 11.8 Å². The van der Waals surface area contributed by atoms with Gasteiger partial charge >= 0.3 is 0 Å². The maximum atomic E-state index is 3.39. The average molecular weight is 235 g/mol. The van der Waals surface area contributed by atoms with E-state index < -0.39 is 0 Å². The molecule has 88 valence electrons. The van der Waals surface area contributed by atoms with Crippen molar-refractivity contribution in [3.05, 3.63) is 29.8 Å². The van der Waals surface area contributed by atoms with Gasteiger partial charge in [-0.15, -0.1) is 11.8 Å². The Morgan fingerprint density at radius 3 is 3.00 bits per heavy atom. The second-order valence-electron chi connectivity index (χ2n) is 4.52. The van der Waals surface area contributed by atoms with Crippen LogP contribution in [0.2, 0.25) is 0 Å². The largest absolute Gasteiger partial charge is 0.317 e. The Labute approximate surface area is 103 Å². The fourth-order valence-corrected chi connectivity index (χ4v) is 3.73. The van der Waals surface area contributed by atoms with Crippen LogP contribution < -0.4 is 5.32 Å². The van der Waals surface area contributed by atoms with Crippen molar-refractivity contribution in [2.45, 2.75) is 43.0 Å². The average Bonchev–Trinajstić information content (AvgIpc) is 2.74. The molecule has 0 spiro atoms. The van der Waals surface area contributed by atoms with Crippen molar-refractivity contribution in [3.63, 3.8) is 0 Å². The Morgan fingerprint density at radius 2 is 2.25 bits per heavy atom. The van der Waals surface area contributed by atoms with Gasteiger partial charge in [0, 0.05) is 16.7 Å². The smallest absolute Gasteiger partial charge is 0.0107 e. The summed E-state index contributed by atoms with van der Waals surface area (Å²) in [5.74, 6) is 2.06. The molecule has 1 nitrogen and oxygen atoms in total.